The predicted molar refractivity (Wildman–Crippen MR) is 66.2 cm³/mol. The van der Waals surface area contributed by atoms with Gasteiger partial charge in [0.1, 0.15) is 11.7 Å². The van der Waals surface area contributed by atoms with E-state index in [2.05, 4.69) is 5.32 Å². The van der Waals surface area contributed by atoms with E-state index in [0.717, 1.165) is 12.1 Å². The van der Waals surface area contributed by atoms with Gasteiger partial charge >= 0.3 is 5.97 Å². The first kappa shape index (κ1) is 11.3. The number of Topliss-reactive ketones (excluding diaryl/α,β-unsaturated/α-hetero) is 1. The summed E-state index contributed by atoms with van der Waals surface area (Å²) in [5, 5.41) is 3.37. The van der Waals surface area contributed by atoms with Crippen molar-refractivity contribution in [3.8, 4) is 0 Å². The van der Waals surface area contributed by atoms with E-state index in [4.69, 9.17) is 4.74 Å². The molecule has 3 unspecified atom stereocenters. The van der Waals surface area contributed by atoms with E-state index < -0.39 is 11.9 Å². The second-order valence-corrected chi connectivity index (χ2v) is 4.95. The number of hydrogen-bond acceptors (Lipinski definition) is 4. The quantitative estimate of drug-likeness (QED) is 0.600. The van der Waals surface area contributed by atoms with Crippen molar-refractivity contribution in [2.24, 2.45) is 11.8 Å². The summed E-state index contributed by atoms with van der Waals surface area (Å²) in [7, 11) is 1.34. The van der Waals surface area contributed by atoms with E-state index in [1.54, 1.807) is 0 Å². The Morgan fingerprint density at radius 3 is 2.89 bits per heavy atom. The summed E-state index contributed by atoms with van der Waals surface area (Å²) in [6, 6.07) is 8.07. The largest absolute Gasteiger partial charge is 0.468 e. The van der Waals surface area contributed by atoms with Crippen molar-refractivity contribution in [1.82, 2.24) is 0 Å². The zero-order valence-corrected chi connectivity index (χ0v) is 10.2. The fourth-order valence-corrected chi connectivity index (χ4v) is 3.11. The third kappa shape index (κ3) is 1.60. The Morgan fingerprint density at radius 1 is 1.33 bits per heavy atom. The number of benzene rings is 1. The van der Waals surface area contributed by atoms with Gasteiger partial charge in [0.05, 0.1) is 7.11 Å². The van der Waals surface area contributed by atoms with Crippen LogP contribution in [0.15, 0.2) is 24.3 Å². The fourth-order valence-electron chi connectivity index (χ4n) is 3.11. The molecule has 0 aromatic heterocycles. The van der Waals surface area contributed by atoms with E-state index >= 15 is 0 Å². The summed E-state index contributed by atoms with van der Waals surface area (Å²) in [5.41, 5.74) is 2.25. The van der Waals surface area contributed by atoms with E-state index in [1.807, 2.05) is 24.3 Å². The molecular weight excluding hydrogens is 230 g/mol. The molecule has 4 heteroatoms. The first-order valence-corrected chi connectivity index (χ1v) is 6.15. The highest BCUT2D eigenvalue weighted by atomic mass is 16.5. The Bertz CT molecular complexity index is 512. The molecule has 1 N–H and O–H groups in total. The monoisotopic (exact) mass is 245 g/mol. The average Bonchev–Trinajstić information content (AvgIpc) is 2.70. The Morgan fingerprint density at radius 2 is 2.11 bits per heavy atom. The summed E-state index contributed by atoms with van der Waals surface area (Å²) in [5.74, 6) is -0.966. The Kier molecular flexibility index (Phi) is 2.58. The molecule has 0 radical (unpaired) electrons. The Hall–Kier alpha value is -1.84. The van der Waals surface area contributed by atoms with Gasteiger partial charge in [-0.15, -0.1) is 0 Å². The summed E-state index contributed by atoms with van der Waals surface area (Å²) in [4.78, 5) is 23.7. The van der Waals surface area contributed by atoms with Crippen molar-refractivity contribution >= 4 is 17.4 Å². The number of ketones is 1. The lowest BCUT2D eigenvalue weighted by Gasteiger charge is -2.31. The van der Waals surface area contributed by atoms with Crippen LogP contribution in [-0.4, -0.2) is 24.9 Å². The van der Waals surface area contributed by atoms with Crippen LogP contribution in [0.2, 0.25) is 0 Å². The van der Waals surface area contributed by atoms with Gasteiger partial charge in [-0.25, -0.2) is 0 Å². The van der Waals surface area contributed by atoms with Crippen LogP contribution in [0.3, 0.4) is 0 Å². The maximum Gasteiger partial charge on any atom is 0.316 e. The molecular formula is C14H15NO3. The van der Waals surface area contributed by atoms with E-state index in [-0.39, 0.29) is 17.7 Å². The zero-order valence-electron chi connectivity index (χ0n) is 10.2. The van der Waals surface area contributed by atoms with Gasteiger partial charge in [-0.1, -0.05) is 18.2 Å². The third-order valence-electron chi connectivity index (χ3n) is 3.98. The van der Waals surface area contributed by atoms with E-state index in [0.29, 0.717) is 6.42 Å². The highest BCUT2D eigenvalue weighted by Crippen LogP contribution is 2.39. The number of carbonyl (C=O) groups is 2. The van der Waals surface area contributed by atoms with Gasteiger partial charge in [0.25, 0.3) is 0 Å². The molecule has 1 aliphatic heterocycles. The number of esters is 1. The minimum Gasteiger partial charge on any atom is -0.468 e. The molecule has 1 aromatic carbocycles. The fraction of sp³-hybridized carbons (Fsp3) is 0.429. The van der Waals surface area contributed by atoms with Gasteiger partial charge in [-0.2, -0.15) is 0 Å². The Labute approximate surface area is 105 Å². The summed E-state index contributed by atoms with van der Waals surface area (Å²) < 4.78 is 4.75. The molecule has 0 saturated heterocycles. The van der Waals surface area contributed by atoms with Crippen LogP contribution in [0, 0.1) is 11.8 Å². The molecule has 18 heavy (non-hydrogen) atoms. The topological polar surface area (TPSA) is 55.4 Å². The maximum absolute atomic E-state index is 12.0. The number of anilines is 1. The van der Waals surface area contributed by atoms with Gasteiger partial charge in [-0.3, -0.25) is 9.59 Å². The van der Waals surface area contributed by atoms with Crippen molar-refractivity contribution < 1.29 is 14.3 Å². The predicted octanol–water partition coefficient (Wildman–Crippen LogP) is 1.40. The molecule has 94 valence electrons. The highest BCUT2D eigenvalue weighted by Gasteiger charge is 2.48. The lowest BCUT2D eigenvalue weighted by Crippen LogP contribution is -2.36. The number of rotatable bonds is 1. The first-order valence-electron chi connectivity index (χ1n) is 6.15. The minimum absolute atomic E-state index is 0.00263. The SMILES string of the molecule is COC(=O)C1C(=O)CC2Nc3ccccc3CC21. The molecule has 1 heterocycles. The molecule has 0 spiro atoms. The molecule has 1 aromatic rings. The maximum atomic E-state index is 12.0. The van der Waals surface area contributed by atoms with Gasteiger partial charge in [0.2, 0.25) is 0 Å². The minimum atomic E-state index is -0.596. The van der Waals surface area contributed by atoms with E-state index in [9.17, 15) is 9.59 Å². The van der Waals surface area contributed by atoms with Crippen LogP contribution in [0.5, 0.6) is 0 Å². The van der Waals surface area contributed by atoms with Crippen LogP contribution < -0.4 is 5.32 Å². The van der Waals surface area contributed by atoms with Crippen molar-refractivity contribution in [2.45, 2.75) is 18.9 Å². The van der Waals surface area contributed by atoms with Crippen LogP contribution in [0.25, 0.3) is 0 Å². The van der Waals surface area contributed by atoms with Crippen LogP contribution in [-0.2, 0) is 20.7 Å². The van der Waals surface area contributed by atoms with Crippen LogP contribution in [0.1, 0.15) is 12.0 Å². The van der Waals surface area contributed by atoms with Crippen LogP contribution >= 0.6 is 0 Å². The number of ether oxygens (including phenoxy) is 1. The molecule has 2 aliphatic rings. The molecule has 3 rings (SSSR count). The molecule has 4 nitrogen and oxygen atoms in total. The number of nitrogens with one attached hydrogen (secondary N) is 1. The smallest absolute Gasteiger partial charge is 0.316 e. The lowest BCUT2D eigenvalue weighted by atomic mass is 9.84. The second kappa shape index (κ2) is 4.12. The van der Waals surface area contributed by atoms with Crippen molar-refractivity contribution in [1.29, 1.82) is 0 Å². The molecule has 1 aliphatic carbocycles. The molecule has 0 bridgehead atoms. The zero-order chi connectivity index (χ0) is 12.7. The third-order valence-corrected chi connectivity index (χ3v) is 3.98. The number of para-hydroxylation sites is 1. The molecule has 3 atom stereocenters. The van der Waals surface area contributed by atoms with Gasteiger partial charge in [-0.05, 0) is 18.1 Å². The summed E-state index contributed by atoms with van der Waals surface area (Å²) >= 11 is 0. The standard InChI is InChI=1S/C14H15NO3/c1-18-14(17)13-9-6-8-4-2-3-5-10(8)15-11(9)7-12(13)16/h2-5,9,11,13,15H,6-7H2,1H3. The molecule has 1 fully saturated rings. The normalized spacial score (nSPS) is 29.2. The highest BCUT2D eigenvalue weighted by molar-refractivity contribution is 6.02. The lowest BCUT2D eigenvalue weighted by molar-refractivity contribution is -0.149. The number of methoxy groups -OCH3 is 1. The number of fused-ring (bicyclic) bond motifs is 2. The van der Waals surface area contributed by atoms with Gasteiger partial charge in [0, 0.05) is 24.1 Å². The first-order chi connectivity index (χ1) is 8.70. The number of hydrogen-bond donors (Lipinski definition) is 1. The molecule has 0 amide bonds. The van der Waals surface area contributed by atoms with E-state index in [1.165, 1.54) is 12.7 Å². The summed E-state index contributed by atoms with van der Waals surface area (Å²) in [6.07, 6.45) is 1.18. The summed E-state index contributed by atoms with van der Waals surface area (Å²) in [6.45, 7) is 0. The van der Waals surface area contributed by atoms with Gasteiger partial charge < -0.3 is 10.1 Å². The number of carbonyl (C=O) groups excluding carboxylic acids is 2. The van der Waals surface area contributed by atoms with Gasteiger partial charge in [0.15, 0.2) is 0 Å². The van der Waals surface area contributed by atoms with Crippen molar-refractivity contribution in [3.63, 3.8) is 0 Å². The van der Waals surface area contributed by atoms with Crippen molar-refractivity contribution in [3.05, 3.63) is 29.8 Å². The van der Waals surface area contributed by atoms with Crippen molar-refractivity contribution in [2.75, 3.05) is 12.4 Å². The second-order valence-electron chi connectivity index (χ2n) is 4.95. The average molecular weight is 245 g/mol. The van der Waals surface area contributed by atoms with Crippen LogP contribution in [0.4, 0.5) is 5.69 Å². The molecule has 1 saturated carbocycles. The Balaban J connectivity index is 1.93.